The van der Waals surface area contributed by atoms with E-state index in [-0.39, 0.29) is 23.4 Å². The summed E-state index contributed by atoms with van der Waals surface area (Å²) in [5.41, 5.74) is 2.64. The van der Waals surface area contributed by atoms with Gasteiger partial charge in [-0.15, -0.1) is 0 Å². The molecular weight excluding hydrogens is 346 g/mol. The molecule has 3 amide bonds. The number of hydrogen-bond acceptors (Lipinski definition) is 4. The number of anilines is 1. The Labute approximate surface area is 156 Å². The third kappa shape index (κ3) is 2.68. The quantitative estimate of drug-likeness (QED) is 0.875. The number of benzene rings is 2. The molecule has 0 unspecified atom stereocenters. The predicted molar refractivity (Wildman–Crippen MR) is 99.5 cm³/mol. The summed E-state index contributed by atoms with van der Waals surface area (Å²) in [7, 11) is 3.11. The highest BCUT2D eigenvalue weighted by Gasteiger charge is 2.43. The predicted octanol–water partition coefficient (Wildman–Crippen LogP) is 2.40. The van der Waals surface area contributed by atoms with Crippen molar-refractivity contribution in [2.45, 2.75) is 6.04 Å². The van der Waals surface area contributed by atoms with Gasteiger partial charge in [0.05, 0.1) is 31.0 Å². The molecule has 0 saturated heterocycles. The van der Waals surface area contributed by atoms with Crippen molar-refractivity contribution in [3.8, 4) is 11.5 Å². The van der Waals surface area contributed by atoms with Crippen molar-refractivity contribution in [3.63, 3.8) is 0 Å². The fourth-order valence-corrected chi connectivity index (χ4v) is 3.51. The van der Waals surface area contributed by atoms with Gasteiger partial charge in [0.15, 0.2) is 11.5 Å². The van der Waals surface area contributed by atoms with E-state index in [2.05, 4.69) is 5.32 Å². The number of carbonyl (C=O) groups is 2. The number of nitrogens with zero attached hydrogens (tertiary/aromatic N) is 2. The molecule has 4 rings (SSSR count). The van der Waals surface area contributed by atoms with Gasteiger partial charge in [0.1, 0.15) is 0 Å². The van der Waals surface area contributed by atoms with Crippen LogP contribution in [0.3, 0.4) is 0 Å². The van der Waals surface area contributed by atoms with E-state index in [0.717, 1.165) is 5.69 Å². The van der Waals surface area contributed by atoms with Crippen LogP contribution < -0.4 is 15.0 Å². The minimum Gasteiger partial charge on any atom is -0.504 e. The molecule has 2 aromatic carbocycles. The van der Waals surface area contributed by atoms with Gasteiger partial charge in [-0.3, -0.25) is 9.69 Å². The fraction of sp³-hybridized carbons (Fsp3) is 0.200. The van der Waals surface area contributed by atoms with Crippen LogP contribution in [-0.2, 0) is 4.79 Å². The summed E-state index contributed by atoms with van der Waals surface area (Å²) in [6.45, 7) is 0.327. The Bertz CT molecular complexity index is 955. The number of methoxy groups -OCH3 is 1. The molecule has 7 heteroatoms. The summed E-state index contributed by atoms with van der Waals surface area (Å²) in [6, 6.07) is 13.3. The first-order chi connectivity index (χ1) is 13.0. The van der Waals surface area contributed by atoms with Crippen molar-refractivity contribution in [1.82, 2.24) is 10.2 Å². The number of rotatable bonds is 3. The second-order valence-corrected chi connectivity index (χ2v) is 6.46. The molecule has 2 N–H and O–H groups in total. The lowest BCUT2D eigenvalue weighted by Crippen LogP contribution is -2.45. The van der Waals surface area contributed by atoms with Crippen LogP contribution in [0.5, 0.6) is 11.5 Å². The van der Waals surface area contributed by atoms with Gasteiger partial charge in [-0.25, -0.2) is 4.79 Å². The molecule has 2 aliphatic heterocycles. The van der Waals surface area contributed by atoms with Gasteiger partial charge in [-0.05, 0) is 29.8 Å². The third-order valence-corrected chi connectivity index (χ3v) is 4.97. The Balaban J connectivity index is 1.78. The first kappa shape index (κ1) is 17.0. The molecule has 0 radical (unpaired) electrons. The number of nitrogens with one attached hydrogen (secondary N) is 1. The van der Waals surface area contributed by atoms with Crippen LogP contribution in [0.4, 0.5) is 10.5 Å². The summed E-state index contributed by atoms with van der Waals surface area (Å²) in [6.07, 6.45) is 0. The smallest absolute Gasteiger partial charge is 0.322 e. The van der Waals surface area contributed by atoms with Crippen molar-refractivity contribution in [3.05, 3.63) is 65.4 Å². The topological polar surface area (TPSA) is 82.1 Å². The number of amides is 3. The Morgan fingerprint density at radius 3 is 2.59 bits per heavy atom. The number of phenols is 1. The zero-order valence-electron chi connectivity index (χ0n) is 15.0. The maximum atomic E-state index is 13.2. The van der Waals surface area contributed by atoms with Gasteiger partial charge in [-0.1, -0.05) is 24.3 Å². The van der Waals surface area contributed by atoms with Crippen LogP contribution in [-0.4, -0.2) is 42.6 Å². The Morgan fingerprint density at radius 1 is 1.15 bits per heavy atom. The number of phenolic OH excluding ortho intramolecular Hbond substituents is 1. The molecule has 0 aliphatic carbocycles. The van der Waals surface area contributed by atoms with Crippen LogP contribution in [0.1, 0.15) is 11.6 Å². The Hall–Kier alpha value is -3.48. The highest BCUT2D eigenvalue weighted by Crippen LogP contribution is 2.39. The van der Waals surface area contributed by atoms with Gasteiger partial charge in [0.25, 0.3) is 5.91 Å². The highest BCUT2D eigenvalue weighted by molar-refractivity contribution is 6.11. The lowest BCUT2D eigenvalue weighted by atomic mass is 9.95. The minimum absolute atomic E-state index is 0.00151. The molecule has 27 heavy (non-hydrogen) atoms. The number of likely N-dealkylation sites (N-methyl/N-ethyl adjacent to an activating group) is 1. The number of carbonyl (C=O) groups excluding carboxylic acids is 2. The normalized spacial score (nSPS) is 19.3. The molecule has 0 bridgehead atoms. The summed E-state index contributed by atoms with van der Waals surface area (Å²) in [5, 5.41) is 12.7. The zero-order valence-corrected chi connectivity index (χ0v) is 15.0. The second-order valence-electron chi connectivity index (χ2n) is 6.46. The molecule has 7 nitrogen and oxygen atoms in total. The first-order valence-electron chi connectivity index (χ1n) is 8.52. The molecule has 0 spiro atoms. The average Bonchev–Trinajstić information content (AvgIpc) is 3.03. The van der Waals surface area contributed by atoms with Gasteiger partial charge in [0.2, 0.25) is 0 Å². The number of aromatic hydroxyl groups is 1. The lowest BCUT2D eigenvalue weighted by molar-refractivity contribution is -0.114. The van der Waals surface area contributed by atoms with Crippen molar-refractivity contribution < 1.29 is 19.4 Å². The second kappa shape index (κ2) is 6.35. The third-order valence-electron chi connectivity index (χ3n) is 4.97. The summed E-state index contributed by atoms with van der Waals surface area (Å²) in [4.78, 5) is 28.8. The molecule has 0 fully saturated rings. The zero-order chi connectivity index (χ0) is 19.1. The van der Waals surface area contributed by atoms with Crippen molar-refractivity contribution >= 4 is 17.6 Å². The fourth-order valence-electron chi connectivity index (χ4n) is 3.51. The van der Waals surface area contributed by atoms with Gasteiger partial charge < -0.3 is 20.1 Å². The van der Waals surface area contributed by atoms with Gasteiger partial charge in [0, 0.05) is 12.7 Å². The van der Waals surface area contributed by atoms with E-state index in [1.54, 1.807) is 24.1 Å². The van der Waals surface area contributed by atoms with E-state index in [9.17, 15) is 14.7 Å². The molecule has 2 heterocycles. The molecular formula is C20H19N3O4. The monoisotopic (exact) mass is 365 g/mol. The largest absolute Gasteiger partial charge is 0.504 e. The molecule has 1 atom stereocenters. The van der Waals surface area contributed by atoms with E-state index in [1.165, 1.54) is 18.1 Å². The van der Waals surface area contributed by atoms with Crippen molar-refractivity contribution in [2.24, 2.45) is 0 Å². The van der Waals surface area contributed by atoms with Crippen LogP contribution in [0.15, 0.2) is 59.8 Å². The SMILES string of the molecule is COc1cc([C@H]2NC(=O)N(C)C3=C2C(=O)N(c2ccccc2)C3)ccc1O. The van der Waals surface area contributed by atoms with E-state index in [0.29, 0.717) is 23.4 Å². The summed E-state index contributed by atoms with van der Waals surface area (Å²) >= 11 is 0. The first-order valence-corrected chi connectivity index (χ1v) is 8.52. The van der Waals surface area contributed by atoms with E-state index < -0.39 is 6.04 Å². The number of hydrogen-bond donors (Lipinski definition) is 2. The Kier molecular flexibility index (Phi) is 3.99. The number of urea groups is 1. The highest BCUT2D eigenvalue weighted by atomic mass is 16.5. The van der Waals surface area contributed by atoms with Crippen LogP contribution >= 0.6 is 0 Å². The Morgan fingerprint density at radius 2 is 1.89 bits per heavy atom. The van der Waals surface area contributed by atoms with E-state index in [4.69, 9.17) is 4.74 Å². The van der Waals surface area contributed by atoms with E-state index in [1.807, 2.05) is 30.3 Å². The number of para-hydroxylation sites is 1. The van der Waals surface area contributed by atoms with Crippen LogP contribution in [0.25, 0.3) is 0 Å². The number of ether oxygens (including phenoxy) is 1. The summed E-state index contributed by atoms with van der Waals surface area (Å²) < 4.78 is 5.17. The summed E-state index contributed by atoms with van der Waals surface area (Å²) in [5.74, 6) is 0.131. The average molecular weight is 365 g/mol. The standard InChI is InChI=1S/C20H19N3O4/c1-22-14-11-23(13-6-4-3-5-7-13)19(25)17(14)18(21-20(22)26)12-8-9-15(24)16(10-12)27-2/h3-10,18,24H,11H2,1-2H3,(H,21,26)/t18-/m1/s1. The molecule has 2 aromatic rings. The molecule has 0 aromatic heterocycles. The lowest BCUT2D eigenvalue weighted by Gasteiger charge is -2.31. The molecule has 138 valence electrons. The minimum atomic E-state index is -0.612. The molecule has 2 aliphatic rings. The van der Waals surface area contributed by atoms with Crippen LogP contribution in [0.2, 0.25) is 0 Å². The maximum Gasteiger partial charge on any atom is 0.322 e. The van der Waals surface area contributed by atoms with Crippen LogP contribution in [0, 0.1) is 0 Å². The van der Waals surface area contributed by atoms with Gasteiger partial charge in [-0.2, -0.15) is 0 Å². The van der Waals surface area contributed by atoms with E-state index >= 15 is 0 Å². The molecule has 0 saturated carbocycles. The van der Waals surface area contributed by atoms with Crippen molar-refractivity contribution in [1.29, 1.82) is 0 Å². The van der Waals surface area contributed by atoms with Crippen molar-refractivity contribution in [2.75, 3.05) is 25.6 Å². The maximum absolute atomic E-state index is 13.2. The van der Waals surface area contributed by atoms with Gasteiger partial charge >= 0.3 is 6.03 Å².